The number of methoxy groups -OCH3 is 2. The monoisotopic (exact) mass is 371 g/mol. The number of hydrogen-bond acceptors (Lipinski definition) is 5. The lowest BCUT2D eigenvalue weighted by molar-refractivity contribution is 0.410. The number of fused-ring (bicyclic) bond motifs is 1. The molecule has 5 heteroatoms. The molecule has 4 aromatic rings. The molecule has 0 radical (unpaired) electrons. The summed E-state index contributed by atoms with van der Waals surface area (Å²) >= 11 is 0. The maximum absolute atomic E-state index is 5.45. The highest BCUT2D eigenvalue weighted by Gasteiger charge is 2.10. The van der Waals surface area contributed by atoms with Crippen molar-refractivity contribution in [1.29, 1.82) is 0 Å². The lowest BCUT2D eigenvalue weighted by Gasteiger charge is -2.13. The molecule has 0 saturated heterocycles. The zero-order valence-corrected chi connectivity index (χ0v) is 15.8. The minimum absolute atomic E-state index is 0.604. The second-order valence-electron chi connectivity index (χ2n) is 6.31. The molecule has 3 aromatic carbocycles. The number of nitrogens with zero attached hydrogens (tertiary/aromatic N) is 2. The van der Waals surface area contributed by atoms with Gasteiger partial charge in [0.05, 0.1) is 19.7 Å². The predicted octanol–water partition coefficient (Wildman–Crippen LogP) is 4.93. The van der Waals surface area contributed by atoms with Crippen LogP contribution in [0.5, 0.6) is 11.5 Å². The molecule has 28 heavy (non-hydrogen) atoms. The van der Waals surface area contributed by atoms with E-state index in [9.17, 15) is 0 Å². The number of benzene rings is 3. The van der Waals surface area contributed by atoms with Gasteiger partial charge in [0, 0.05) is 23.1 Å². The first-order valence-corrected chi connectivity index (χ1v) is 9.05. The second kappa shape index (κ2) is 7.96. The molecule has 4 rings (SSSR count). The SMILES string of the molecule is COc1ccc(-c2nc(NCc3ccccc3OC)c3ccccc3n2)cc1. The van der Waals surface area contributed by atoms with Gasteiger partial charge in [-0.3, -0.25) is 0 Å². The van der Waals surface area contributed by atoms with Crippen LogP contribution < -0.4 is 14.8 Å². The fourth-order valence-electron chi connectivity index (χ4n) is 3.11. The smallest absolute Gasteiger partial charge is 0.162 e. The minimum atomic E-state index is 0.604. The second-order valence-corrected chi connectivity index (χ2v) is 6.31. The molecule has 5 nitrogen and oxygen atoms in total. The first kappa shape index (κ1) is 17.8. The normalized spacial score (nSPS) is 10.6. The van der Waals surface area contributed by atoms with Crippen molar-refractivity contribution in [3.05, 3.63) is 78.4 Å². The van der Waals surface area contributed by atoms with Gasteiger partial charge in [0.25, 0.3) is 0 Å². The summed E-state index contributed by atoms with van der Waals surface area (Å²) in [5.74, 6) is 3.12. The molecule has 1 aromatic heterocycles. The van der Waals surface area contributed by atoms with E-state index in [0.717, 1.165) is 39.3 Å². The van der Waals surface area contributed by atoms with Crippen molar-refractivity contribution in [2.45, 2.75) is 6.54 Å². The van der Waals surface area contributed by atoms with Gasteiger partial charge in [0.2, 0.25) is 0 Å². The fraction of sp³-hybridized carbons (Fsp3) is 0.130. The maximum Gasteiger partial charge on any atom is 0.162 e. The van der Waals surface area contributed by atoms with E-state index in [4.69, 9.17) is 19.4 Å². The molecule has 0 aliphatic carbocycles. The Hall–Kier alpha value is -3.60. The molecule has 140 valence electrons. The largest absolute Gasteiger partial charge is 0.497 e. The molecule has 0 unspecified atom stereocenters. The van der Waals surface area contributed by atoms with Crippen molar-refractivity contribution in [3.8, 4) is 22.9 Å². The van der Waals surface area contributed by atoms with Gasteiger partial charge in [0.15, 0.2) is 5.82 Å². The van der Waals surface area contributed by atoms with Crippen LogP contribution >= 0.6 is 0 Å². The highest BCUT2D eigenvalue weighted by Crippen LogP contribution is 2.27. The van der Waals surface area contributed by atoms with Crippen molar-refractivity contribution in [2.24, 2.45) is 0 Å². The first-order chi connectivity index (χ1) is 13.8. The molecule has 1 N–H and O–H groups in total. The summed E-state index contributed by atoms with van der Waals surface area (Å²) in [6.45, 7) is 0.604. The summed E-state index contributed by atoms with van der Waals surface area (Å²) < 4.78 is 10.7. The van der Waals surface area contributed by atoms with E-state index in [0.29, 0.717) is 12.4 Å². The van der Waals surface area contributed by atoms with Crippen LogP contribution in [0.15, 0.2) is 72.8 Å². The van der Waals surface area contributed by atoms with E-state index in [-0.39, 0.29) is 0 Å². The molecule has 0 amide bonds. The van der Waals surface area contributed by atoms with Crippen LogP contribution in [0.3, 0.4) is 0 Å². The van der Waals surface area contributed by atoms with Crippen molar-refractivity contribution < 1.29 is 9.47 Å². The van der Waals surface area contributed by atoms with Crippen molar-refractivity contribution in [2.75, 3.05) is 19.5 Å². The van der Waals surface area contributed by atoms with Crippen molar-refractivity contribution >= 4 is 16.7 Å². The van der Waals surface area contributed by atoms with Crippen LogP contribution in [-0.4, -0.2) is 24.2 Å². The van der Waals surface area contributed by atoms with Gasteiger partial charge in [-0.25, -0.2) is 9.97 Å². The van der Waals surface area contributed by atoms with Gasteiger partial charge in [0.1, 0.15) is 17.3 Å². The maximum atomic E-state index is 5.45. The quantitative estimate of drug-likeness (QED) is 0.521. The Balaban J connectivity index is 1.71. The van der Waals surface area contributed by atoms with E-state index in [2.05, 4.69) is 5.32 Å². The van der Waals surface area contributed by atoms with Crippen LogP contribution in [-0.2, 0) is 6.54 Å². The molecule has 0 fully saturated rings. The van der Waals surface area contributed by atoms with Gasteiger partial charge in [-0.1, -0.05) is 30.3 Å². The van der Waals surface area contributed by atoms with Crippen molar-refractivity contribution in [3.63, 3.8) is 0 Å². The Labute approximate surface area is 164 Å². The third-order valence-electron chi connectivity index (χ3n) is 4.59. The summed E-state index contributed by atoms with van der Waals surface area (Å²) in [5, 5.41) is 4.44. The summed E-state index contributed by atoms with van der Waals surface area (Å²) in [7, 11) is 3.34. The molecule has 0 atom stereocenters. The molecule has 0 aliphatic rings. The molecule has 0 spiro atoms. The third kappa shape index (κ3) is 3.60. The number of aromatic nitrogens is 2. The number of para-hydroxylation sites is 2. The molecular weight excluding hydrogens is 350 g/mol. The molecule has 1 heterocycles. The lowest BCUT2D eigenvalue weighted by atomic mass is 10.1. The molecular formula is C23H21N3O2. The van der Waals surface area contributed by atoms with Crippen LogP contribution in [0, 0.1) is 0 Å². The van der Waals surface area contributed by atoms with Crippen LogP contribution in [0.4, 0.5) is 5.82 Å². The number of hydrogen-bond donors (Lipinski definition) is 1. The number of rotatable bonds is 6. The Kier molecular flexibility index (Phi) is 5.06. The van der Waals surface area contributed by atoms with Gasteiger partial charge in [-0.05, 0) is 42.5 Å². The Bertz CT molecular complexity index is 1090. The predicted molar refractivity (Wildman–Crippen MR) is 112 cm³/mol. The Morgan fingerprint density at radius 2 is 1.54 bits per heavy atom. The summed E-state index contributed by atoms with van der Waals surface area (Å²) in [5.41, 5.74) is 2.90. The van der Waals surface area contributed by atoms with Gasteiger partial charge < -0.3 is 14.8 Å². The van der Waals surface area contributed by atoms with E-state index < -0.39 is 0 Å². The fourth-order valence-corrected chi connectivity index (χ4v) is 3.11. The zero-order valence-electron chi connectivity index (χ0n) is 15.8. The molecule has 0 aliphatic heterocycles. The van der Waals surface area contributed by atoms with E-state index in [1.807, 2.05) is 72.8 Å². The van der Waals surface area contributed by atoms with E-state index in [1.165, 1.54) is 0 Å². The van der Waals surface area contributed by atoms with Gasteiger partial charge in [-0.15, -0.1) is 0 Å². The summed E-state index contributed by atoms with van der Waals surface area (Å²) in [6.07, 6.45) is 0. The third-order valence-corrected chi connectivity index (χ3v) is 4.59. The Morgan fingerprint density at radius 1 is 0.786 bits per heavy atom. The summed E-state index contributed by atoms with van der Waals surface area (Å²) in [6, 6.07) is 23.7. The summed E-state index contributed by atoms with van der Waals surface area (Å²) in [4.78, 5) is 9.53. The van der Waals surface area contributed by atoms with Crippen LogP contribution in [0.1, 0.15) is 5.56 Å². The average Bonchev–Trinajstić information content (AvgIpc) is 2.77. The van der Waals surface area contributed by atoms with E-state index >= 15 is 0 Å². The van der Waals surface area contributed by atoms with Crippen LogP contribution in [0.2, 0.25) is 0 Å². The molecule has 0 saturated carbocycles. The number of anilines is 1. The highest BCUT2D eigenvalue weighted by molar-refractivity contribution is 5.90. The van der Waals surface area contributed by atoms with Crippen LogP contribution in [0.25, 0.3) is 22.3 Å². The van der Waals surface area contributed by atoms with Gasteiger partial charge >= 0.3 is 0 Å². The minimum Gasteiger partial charge on any atom is -0.497 e. The zero-order chi connectivity index (χ0) is 19.3. The number of ether oxygens (including phenoxy) is 2. The molecule has 0 bridgehead atoms. The standard InChI is InChI=1S/C23H21N3O2/c1-27-18-13-11-16(12-14-18)22-25-20-9-5-4-8-19(20)23(26-22)24-15-17-7-3-6-10-21(17)28-2/h3-14H,15H2,1-2H3,(H,24,25,26). The number of nitrogens with one attached hydrogen (secondary N) is 1. The highest BCUT2D eigenvalue weighted by atomic mass is 16.5. The first-order valence-electron chi connectivity index (χ1n) is 9.05. The lowest BCUT2D eigenvalue weighted by Crippen LogP contribution is -2.05. The Morgan fingerprint density at radius 3 is 2.32 bits per heavy atom. The van der Waals surface area contributed by atoms with E-state index in [1.54, 1.807) is 14.2 Å². The van der Waals surface area contributed by atoms with Gasteiger partial charge in [-0.2, -0.15) is 0 Å². The topological polar surface area (TPSA) is 56.3 Å². The average molecular weight is 371 g/mol. The van der Waals surface area contributed by atoms with Crippen molar-refractivity contribution in [1.82, 2.24) is 9.97 Å².